The highest BCUT2D eigenvalue weighted by molar-refractivity contribution is 5.87. The van der Waals surface area contributed by atoms with Crippen molar-refractivity contribution in [3.05, 3.63) is 89.1 Å². The molecule has 2 aromatic carbocycles. The Hall–Kier alpha value is -2.88. The molecule has 0 saturated carbocycles. The topological polar surface area (TPSA) is 55.1 Å². The van der Waals surface area contributed by atoms with Crippen LogP contribution < -0.4 is 5.32 Å². The van der Waals surface area contributed by atoms with Crippen molar-refractivity contribution in [1.82, 2.24) is 10.3 Å². The fourth-order valence-corrected chi connectivity index (χ4v) is 2.67. The Morgan fingerprint density at radius 2 is 1.54 bits per heavy atom. The number of amides is 1. The molecule has 0 bridgehead atoms. The van der Waals surface area contributed by atoms with E-state index in [0.717, 1.165) is 22.6 Å². The van der Waals surface area contributed by atoms with Gasteiger partial charge < -0.3 is 9.73 Å². The van der Waals surface area contributed by atoms with Gasteiger partial charge in [-0.05, 0) is 25.0 Å². The second-order valence-electron chi connectivity index (χ2n) is 5.72. The minimum atomic E-state index is -0.357. The first-order valence-electron chi connectivity index (χ1n) is 7.95. The number of rotatable bonds is 5. The summed E-state index contributed by atoms with van der Waals surface area (Å²) in [6.07, 6.45) is 0. The highest BCUT2D eigenvalue weighted by Crippen LogP contribution is 2.24. The summed E-state index contributed by atoms with van der Waals surface area (Å²) in [4.78, 5) is 17.1. The number of carbonyl (C=O) groups excluding carboxylic acids is 1. The van der Waals surface area contributed by atoms with E-state index in [1.807, 2.05) is 74.5 Å². The van der Waals surface area contributed by atoms with Gasteiger partial charge in [0.2, 0.25) is 11.8 Å². The Morgan fingerprint density at radius 1 is 1.00 bits per heavy atom. The zero-order chi connectivity index (χ0) is 16.9. The van der Waals surface area contributed by atoms with Crippen LogP contribution in [-0.4, -0.2) is 10.9 Å². The van der Waals surface area contributed by atoms with Crippen LogP contribution in [0.15, 0.2) is 65.1 Å². The third-order valence-corrected chi connectivity index (χ3v) is 4.01. The molecule has 0 unspecified atom stereocenters. The summed E-state index contributed by atoms with van der Waals surface area (Å²) in [6, 6.07) is 19.5. The number of aromatic nitrogens is 1. The molecule has 4 heteroatoms. The highest BCUT2D eigenvalue weighted by atomic mass is 16.4. The lowest BCUT2D eigenvalue weighted by Gasteiger charge is -2.17. The molecule has 0 aliphatic heterocycles. The molecule has 3 aromatic rings. The van der Waals surface area contributed by atoms with Gasteiger partial charge in [0.25, 0.3) is 0 Å². The molecule has 0 fully saturated rings. The Balaban J connectivity index is 1.81. The summed E-state index contributed by atoms with van der Waals surface area (Å²) >= 11 is 0. The molecule has 24 heavy (non-hydrogen) atoms. The minimum Gasteiger partial charge on any atom is -0.444 e. The van der Waals surface area contributed by atoms with Crippen LogP contribution >= 0.6 is 0 Å². The van der Waals surface area contributed by atoms with Crippen LogP contribution in [0.1, 0.15) is 34.4 Å². The summed E-state index contributed by atoms with van der Waals surface area (Å²) < 4.78 is 5.53. The van der Waals surface area contributed by atoms with E-state index < -0.39 is 0 Å². The molecule has 0 spiro atoms. The Labute approximate surface area is 141 Å². The van der Waals surface area contributed by atoms with Crippen LogP contribution in [0.5, 0.6) is 0 Å². The van der Waals surface area contributed by atoms with E-state index in [1.54, 1.807) is 0 Å². The minimum absolute atomic E-state index is 0.0686. The van der Waals surface area contributed by atoms with Crippen molar-refractivity contribution < 1.29 is 9.21 Å². The van der Waals surface area contributed by atoms with E-state index in [2.05, 4.69) is 10.3 Å². The third kappa shape index (κ3) is 3.54. The van der Waals surface area contributed by atoms with E-state index in [1.165, 1.54) is 0 Å². The van der Waals surface area contributed by atoms with Gasteiger partial charge in [-0.25, -0.2) is 4.98 Å². The van der Waals surface area contributed by atoms with Gasteiger partial charge in [-0.2, -0.15) is 0 Å². The van der Waals surface area contributed by atoms with Gasteiger partial charge in [-0.3, -0.25) is 4.79 Å². The Morgan fingerprint density at radius 3 is 2.00 bits per heavy atom. The molecular weight excluding hydrogens is 300 g/mol. The van der Waals surface area contributed by atoms with Crippen molar-refractivity contribution >= 4 is 5.91 Å². The summed E-state index contributed by atoms with van der Waals surface area (Å²) in [6.45, 7) is 4.04. The number of carbonyl (C=O) groups is 1. The Bertz CT molecular complexity index is 751. The van der Waals surface area contributed by atoms with Crippen LogP contribution in [0.2, 0.25) is 0 Å². The van der Waals surface area contributed by atoms with Gasteiger partial charge in [0.1, 0.15) is 5.76 Å². The molecule has 1 N–H and O–H groups in total. The van der Waals surface area contributed by atoms with E-state index >= 15 is 0 Å². The second kappa shape index (κ2) is 7.13. The number of benzene rings is 2. The van der Waals surface area contributed by atoms with E-state index in [0.29, 0.717) is 5.89 Å². The summed E-state index contributed by atoms with van der Waals surface area (Å²) in [7, 11) is 0. The van der Waals surface area contributed by atoms with Crippen LogP contribution in [0.25, 0.3) is 0 Å². The highest BCUT2D eigenvalue weighted by Gasteiger charge is 2.22. The maximum Gasteiger partial charge on any atom is 0.232 e. The molecule has 3 rings (SSSR count). The van der Waals surface area contributed by atoms with Crippen molar-refractivity contribution in [3.8, 4) is 0 Å². The number of oxazole rings is 1. The summed E-state index contributed by atoms with van der Waals surface area (Å²) in [5.74, 6) is 0.880. The average Bonchev–Trinajstić information content (AvgIpc) is 2.93. The lowest BCUT2D eigenvalue weighted by Crippen LogP contribution is -2.29. The first kappa shape index (κ1) is 16.0. The smallest absolute Gasteiger partial charge is 0.232 e. The molecular formula is C20H20N2O2. The summed E-state index contributed by atoms with van der Waals surface area (Å²) in [5.41, 5.74) is 2.77. The third-order valence-electron chi connectivity index (χ3n) is 4.01. The zero-order valence-electron chi connectivity index (χ0n) is 13.8. The second-order valence-corrected chi connectivity index (χ2v) is 5.72. The monoisotopic (exact) mass is 320 g/mol. The normalized spacial score (nSPS) is 10.8. The van der Waals surface area contributed by atoms with E-state index in [4.69, 9.17) is 4.42 Å². The van der Waals surface area contributed by atoms with Crippen LogP contribution in [0.3, 0.4) is 0 Å². The molecule has 0 radical (unpaired) electrons. The van der Waals surface area contributed by atoms with Gasteiger partial charge >= 0.3 is 0 Å². The molecule has 1 amide bonds. The standard InChI is InChI=1S/C20H20N2O2/c1-14-15(2)24-18(22-14)13-21-20(23)19(16-9-5-3-6-10-16)17-11-7-4-8-12-17/h3-12,19H,13H2,1-2H3,(H,21,23). The molecule has 0 atom stereocenters. The van der Waals surface area contributed by atoms with Gasteiger partial charge in [0, 0.05) is 0 Å². The molecule has 1 aromatic heterocycles. The van der Waals surface area contributed by atoms with Crippen LogP contribution in [0.4, 0.5) is 0 Å². The Kier molecular flexibility index (Phi) is 4.75. The maximum absolute atomic E-state index is 12.8. The van der Waals surface area contributed by atoms with Crippen LogP contribution in [0, 0.1) is 13.8 Å². The molecule has 1 heterocycles. The SMILES string of the molecule is Cc1nc(CNC(=O)C(c2ccccc2)c2ccccc2)oc1C. The lowest BCUT2D eigenvalue weighted by atomic mass is 9.90. The van der Waals surface area contributed by atoms with Gasteiger partial charge in [0.05, 0.1) is 18.2 Å². The molecule has 122 valence electrons. The molecule has 0 aliphatic carbocycles. The first-order valence-corrected chi connectivity index (χ1v) is 7.95. The predicted octanol–water partition coefficient (Wildman–Crippen LogP) is 3.74. The molecule has 0 aliphatic rings. The zero-order valence-corrected chi connectivity index (χ0v) is 13.8. The number of aryl methyl sites for hydroxylation is 2. The van der Waals surface area contributed by atoms with Gasteiger partial charge in [-0.1, -0.05) is 60.7 Å². The fraction of sp³-hybridized carbons (Fsp3) is 0.200. The summed E-state index contributed by atoms with van der Waals surface area (Å²) in [5, 5.41) is 2.94. The van der Waals surface area contributed by atoms with Crippen LogP contribution in [-0.2, 0) is 11.3 Å². The van der Waals surface area contributed by atoms with Crippen molar-refractivity contribution in [2.75, 3.05) is 0 Å². The number of hydrogen-bond acceptors (Lipinski definition) is 3. The predicted molar refractivity (Wildman–Crippen MR) is 92.6 cm³/mol. The number of nitrogens with one attached hydrogen (secondary N) is 1. The van der Waals surface area contributed by atoms with E-state index in [-0.39, 0.29) is 18.4 Å². The number of nitrogens with zero attached hydrogens (tertiary/aromatic N) is 1. The van der Waals surface area contributed by atoms with Crippen molar-refractivity contribution in [3.63, 3.8) is 0 Å². The molecule has 0 saturated heterocycles. The molecule has 4 nitrogen and oxygen atoms in total. The van der Waals surface area contributed by atoms with Crippen molar-refractivity contribution in [1.29, 1.82) is 0 Å². The van der Waals surface area contributed by atoms with Gasteiger partial charge in [-0.15, -0.1) is 0 Å². The maximum atomic E-state index is 12.8. The lowest BCUT2D eigenvalue weighted by molar-refractivity contribution is -0.122. The number of hydrogen-bond donors (Lipinski definition) is 1. The first-order chi connectivity index (χ1) is 11.6. The van der Waals surface area contributed by atoms with Crippen molar-refractivity contribution in [2.45, 2.75) is 26.3 Å². The quantitative estimate of drug-likeness (QED) is 0.779. The van der Waals surface area contributed by atoms with E-state index in [9.17, 15) is 4.79 Å². The van der Waals surface area contributed by atoms with Crippen molar-refractivity contribution in [2.24, 2.45) is 0 Å². The average molecular weight is 320 g/mol. The van der Waals surface area contributed by atoms with Gasteiger partial charge in [0.15, 0.2) is 0 Å². The fourth-order valence-electron chi connectivity index (χ4n) is 2.67. The largest absolute Gasteiger partial charge is 0.444 e.